The van der Waals surface area contributed by atoms with Crippen molar-refractivity contribution in [3.63, 3.8) is 0 Å². The zero-order valence-corrected chi connectivity index (χ0v) is 18.2. The molecule has 10 nitrogen and oxygen atoms in total. The predicted molar refractivity (Wildman–Crippen MR) is 118 cm³/mol. The van der Waals surface area contributed by atoms with Crippen LogP contribution in [-0.2, 0) is 10.0 Å². The second kappa shape index (κ2) is 8.17. The van der Waals surface area contributed by atoms with Crippen LogP contribution in [0.3, 0.4) is 0 Å². The second-order valence-electron chi connectivity index (χ2n) is 7.28. The van der Waals surface area contributed by atoms with Gasteiger partial charge in [-0.1, -0.05) is 29.5 Å². The van der Waals surface area contributed by atoms with Crippen molar-refractivity contribution in [1.82, 2.24) is 29.3 Å². The number of fused-ring (bicyclic) bond motifs is 1. The van der Waals surface area contributed by atoms with Gasteiger partial charge in [0, 0.05) is 32.2 Å². The van der Waals surface area contributed by atoms with Crippen molar-refractivity contribution in [2.75, 3.05) is 38.2 Å². The molecule has 164 valence electrons. The molecule has 1 aliphatic rings. The fraction of sp³-hybridized carbons (Fsp3) is 0.238. The zero-order valence-electron chi connectivity index (χ0n) is 17.4. The topological polar surface area (TPSA) is 106 Å². The molecular weight excluding hydrogens is 430 g/mol. The smallest absolute Gasteiger partial charge is 0.243 e. The lowest BCUT2D eigenvalue weighted by molar-refractivity contribution is 0.384. The molecule has 32 heavy (non-hydrogen) atoms. The molecule has 0 saturated carbocycles. The molecule has 2 aromatic carbocycles. The van der Waals surface area contributed by atoms with Crippen LogP contribution in [-0.4, -0.2) is 71.0 Å². The molecule has 11 heteroatoms. The summed E-state index contributed by atoms with van der Waals surface area (Å²) in [7, 11) is -1.91. The highest BCUT2D eigenvalue weighted by Crippen LogP contribution is 2.26. The van der Waals surface area contributed by atoms with E-state index in [2.05, 4.69) is 20.3 Å². The van der Waals surface area contributed by atoms with Gasteiger partial charge in [-0.2, -0.15) is 8.99 Å². The predicted octanol–water partition coefficient (Wildman–Crippen LogP) is 1.73. The number of aromatic nitrogens is 5. The molecule has 0 spiro atoms. The summed E-state index contributed by atoms with van der Waals surface area (Å²) in [5, 5.41) is 8.58. The van der Waals surface area contributed by atoms with E-state index in [4.69, 9.17) is 4.74 Å². The van der Waals surface area contributed by atoms with Gasteiger partial charge in [0.05, 0.1) is 17.7 Å². The van der Waals surface area contributed by atoms with Crippen LogP contribution < -0.4 is 9.64 Å². The van der Waals surface area contributed by atoms with Crippen LogP contribution >= 0.6 is 0 Å². The maximum atomic E-state index is 12.9. The number of sulfonamides is 1. The van der Waals surface area contributed by atoms with Gasteiger partial charge in [-0.15, -0.1) is 5.10 Å². The molecule has 1 aliphatic heterocycles. The Kier molecular flexibility index (Phi) is 5.19. The van der Waals surface area contributed by atoms with E-state index in [1.165, 1.54) is 10.6 Å². The van der Waals surface area contributed by atoms with Crippen molar-refractivity contribution in [3.05, 3.63) is 60.9 Å². The quantitative estimate of drug-likeness (QED) is 0.452. The molecule has 0 atom stereocenters. The largest absolute Gasteiger partial charge is 0.497 e. The average Bonchev–Trinajstić information content (AvgIpc) is 3.29. The molecular formula is C21H21N7O3S. The minimum absolute atomic E-state index is 0.305. The van der Waals surface area contributed by atoms with E-state index in [9.17, 15) is 8.42 Å². The summed E-state index contributed by atoms with van der Waals surface area (Å²) in [6.07, 6.45) is 1.48. The summed E-state index contributed by atoms with van der Waals surface area (Å²) in [4.78, 5) is 11.1. The molecule has 5 rings (SSSR count). The molecule has 1 fully saturated rings. The first-order chi connectivity index (χ1) is 15.6. The van der Waals surface area contributed by atoms with E-state index in [0.29, 0.717) is 53.8 Å². The number of methoxy groups -OCH3 is 1. The summed E-state index contributed by atoms with van der Waals surface area (Å²) < 4.78 is 34.2. The summed E-state index contributed by atoms with van der Waals surface area (Å²) in [5.41, 5.74) is 1.91. The lowest BCUT2D eigenvalue weighted by atomic mass is 10.3. The van der Waals surface area contributed by atoms with Crippen LogP contribution in [0.1, 0.15) is 0 Å². The van der Waals surface area contributed by atoms with Crippen molar-refractivity contribution in [2.24, 2.45) is 0 Å². The van der Waals surface area contributed by atoms with E-state index < -0.39 is 10.0 Å². The fourth-order valence-corrected chi connectivity index (χ4v) is 5.21. The van der Waals surface area contributed by atoms with Gasteiger partial charge in [-0.05, 0) is 24.3 Å². The Bertz CT molecular complexity index is 1350. The van der Waals surface area contributed by atoms with E-state index >= 15 is 0 Å². The number of nitrogens with zero attached hydrogens (tertiary/aromatic N) is 7. The van der Waals surface area contributed by atoms with Gasteiger partial charge in [0.25, 0.3) is 0 Å². The van der Waals surface area contributed by atoms with Crippen LogP contribution in [0.25, 0.3) is 16.9 Å². The Morgan fingerprint density at radius 2 is 1.72 bits per heavy atom. The lowest BCUT2D eigenvalue weighted by Gasteiger charge is -2.34. The van der Waals surface area contributed by atoms with Gasteiger partial charge in [0.1, 0.15) is 12.1 Å². The Hall–Kier alpha value is -3.57. The van der Waals surface area contributed by atoms with Crippen LogP contribution in [0.15, 0.2) is 65.8 Å². The van der Waals surface area contributed by atoms with Gasteiger partial charge in [-0.3, -0.25) is 0 Å². The number of benzene rings is 2. The number of rotatable bonds is 5. The SMILES string of the molecule is COc1cccc(-n2nnc3c(N4CCN(S(=O)(=O)c5ccccc5)CC4)ncnc32)c1. The second-order valence-corrected chi connectivity index (χ2v) is 9.21. The first kappa shape index (κ1) is 20.3. The van der Waals surface area contributed by atoms with Gasteiger partial charge in [-0.25, -0.2) is 18.4 Å². The number of hydrogen-bond acceptors (Lipinski definition) is 8. The summed E-state index contributed by atoms with van der Waals surface area (Å²) in [5.74, 6) is 1.34. The molecule has 0 radical (unpaired) electrons. The Balaban J connectivity index is 1.40. The van der Waals surface area contributed by atoms with Crippen molar-refractivity contribution >= 4 is 27.0 Å². The zero-order chi connectivity index (χ0) is 22.1. The summed E-state index contributed by atoms with van der Waals surface area (Å²) in [6, 6.07) is 16.0. The molecule has 0 bridgehead atoms. The first-order valence-corrected chi connectivity index (χ1v) is 11.5. The summed E-state index contributed by atoms with van der Waals surface area (Å²) >= 11 is 0. The maximum Gasteiger partial charge on any atom is 0.243 e. The third-order valence-electron chi connectivity index (χ3n) is 5.44. The standard InChI is InChI=1S/C21H21N7O3S/c1-31-17-7-5-6-16(14-17)28-21-19(24-25-28)20(22-15-23-21)26-10-12-27(13-11-26)32(29,30)18-8-3-2-4-9-18/h2-9,14-15H,10-13H2,1H3. The molecule has 0 aliphatic carbocycles. The number of anilines is 1. The molecule has 0 unspecified atom stereocenters. The Labute approximate surface area is 185 Å². The van der Waals surface area contributed by atoms with Crippen molar-refractivity contribution < 1.29 is 13.2 Å². The van der Waals surface area contributed by atoms with Crippen molar-refractivity contribution in [3.8, 4) is 11.4 Å². The molecule has 3 heterocycles. The molecule has 1 saturated heterocycles. The van der Waals surface area contributed by atoms with Gasteiger partial charge in [0.15, 0.2) is 17.0 Å². The van der Waals surface area contributed by atoms with Crippen LogP contribution in [0.4, 0.5) is 5.82 Å². The fourth-order valence-electron chi connectivity index (χ4n) is 3.77. The highest BCUT2D eigenvalue weighted by Gasteiger charge is 2.30. The van der Waals surface area contributed by atoms with E-state index in [1.54, 1.807) is 42.1 Å². The van der Waals surface area contributed by atoms with Crippen molar-refractivity contribution in [1.29, 1.82) is 0 Å². The number of hydrogen-bond donors (Lipinski definition) is 0. The highest BCUT2D eigenvalue weighted by atomic mass is 32.2. The third kappa shape index (κ3) is 3.55. The van der Waals surface area contributed by atoms with Gasteiger partial charge < -0.3 is 9.64 Å². The molecule has 0 amide bonds. The van der Waals surface area contributed by atoms with Gasteiger partial charge in [0.2, 0.25) is 10.0 Å². The van der Waals surface area contributed by atoms with Gasteiger partial charge >= 0.3 is 0 Å². The van der Waals surface area contributed by atoms with E-state index in [-0.39, 0.29) is 0 Å². The molecule has 4 aromatic rings. The van der Waals surface area contributed by atoms with Crippen molar-refractivity contribution in [2.45, 2.75) is 4.90 Å². The Morgan fingerprint density at radius 1 is 0.938 bits per heavy atom. The van der Waals surface area contributed by atoms with E-state index in [1.807, 2.05) is 29.2 Å². The van der Waals surface area contributed by atoms with Crippen LogP contribution in [0.2, 0.25) is 0 Å². The van der Waals surface area contributed by atoms with E-state index in [0.717, 1.165) is 5.69 Å². The number of ether oxygens (including phenoxy) is 1. The molecule has 0 N–H and O–H groups in total. The van der Waals surface area contributed by atoms with Crippen LogP contribution in [0.5, 0.6) is 5.75 Å². The number of piperazine rings is 1. The van der Waals surface area contributed by atoms with Crippen LogP contribution in [0, 0.1) is 0 Å². The summed E-state index contributed by atoms with van der Waals surface area (Å²) in [6.45, 7) is 1.69. The first-order valence-electron chi connectivity index (χ1n) is 10.1. The Morgan fingerprint density at radius 3 is 2.47 bits per heavy atom. The molecule has 2 aromatic heterocycles. The third-order valence-corrected chi connectivity index (χ3v) is 7.35. The monoisotopic (exact) mass is 451 g/mol. The lowest BCUT2D eigenvalue weighted by Crippen LogP contribution is -2.49. The minimum atomic E-state index is -3.52. The maximum absolute atomic E-state index is 12.9. The average molecular weight is 452 g/mol. The minimum Gasteiger partial charge on any atom is -0.497 e. The highest BCUT2D eigenvalue weighted by molar-refractivity contribution is 7.89. The normalized spacial score (nSPS) is 15.2.